The maximum absolute atomic E-state index is 15.2. The maximum atomic E-state index is 15.2. The Morgan fingerprint density at radius 3 is 2.66 bits per heavy atom. The van der Waals surface area contributed by atoms with Crippen LogP contribution in [0.3, 0.4) is 0 Å². The molecular weight excluding hydrogens is 445 g/mol. The van der Waals surface area contributed by atoms with E-state index in [1.807, 2.05) is 19.1 Å². The van der Waals surface area contributed by atoms with Crippen LogP contribution in [0.2, 0.25) is 0 Å². The fraction of sp³-hybridized carbons (Fsp3) is 0.259. The minimum atomic E-state index is -0.512. The number of nitrogens with zero attached hydrogens (tertiary/aromatic N) is 2. The van der Waals surface area contributed by atoms with Gasteiger partial charge in [-0.3, -0.25) is 9.59 Å². The second-order valence-corrected chi connectivity index (χ2v) is 8.99. The molecule has 0 aliphatic heterocycles. The predicted octanol–water partition coefficient (Wildman–Crippen LogP) is 5.70. The van der Waals surface area contributed by atoms with Gasteiger partial charge in [-0.25, -0.2) is 14.4 Å². The third-order valence-electron chi connectivity index (χ3n) is 6.39. The monoisotopic (exact) mass is 471 g/mol. The van der Waals surface area contributed by atoms with Gasteiger partial charge in [0.1, 0.15) is 11.6 Å². The Balaban J connectivity index is 1.48. The summed E-state index contributed by atoms with van der Waals surface area (Å²) in [6.45, 7) is 1.94. The highest BCUT2D eigenvalue weighted by Gasteiger charge is 2.21. The minimum absolute atomic E-state index is 0.0178. The van der Waals surface area contributed by atoms with Crippen molar-refractivity contribution in [2.24, 2.45) is 5.92 Å². The molecule has 1 aliphatic carbocycles. The third-order valence-corrected chi connectivity index (χ3v) is 6.39. The smallest absolute Gasteiger partial charge is 0.259 e. The van der Waals surface area contributed by atoms with Crippen LogP contribution in [-0.2, 0) is 4.79 Å². The van der Waals surface area contributed by atoms with E-state index in [9.17, 15) is 9.59 Å². The number of pyridine rings is 3. The number of aromatic amines is 1. The summed E-state index contributed by atoms with van der Waals surface area (Å²) in [5.74, 6) is -0.0335. The zero-order chi connectivity index (χ0) is 24.4. The average molecular weight is 472 g/mol. The summed E-state index contributed by atoms with van der Waals surface area (Å²) in [5, 5.41) is 6.38. The van der Waals surface area contributed by atoms with Gasteiger partial charge in [0.25, 0.3) is 5.56 Å². The highest BCUT2D eigenvalue weighted by molar-refractivity contribution is 5.95. The van der Waals surface area contributed by atoms with Crippen LogP contribution in [0.15, 0.2) is 59.7 Å². The molecule has 1 amide bonds. The Morgan fingerprint density at radius 2 is 1.91 bits per heavy atom. The van der Waals surface area contributed by atoms with Gasteiger partial charge in [0.05, 0.1) is 22.3 Å². The maximum Gasteiger partial charge on any atom is 0.259 e. The zero-order valence-electron chi connectivity index (χ0n) is 19.4. The number of benzene rings is 1. The van der Waals surface area contributed by atoms with Gasteiger partial charge in [0.15, 0.2) is 0 Å². The summed E-state index contributed by atoms with van der Waals surface area (Å²) < 4.78 is 15.2. The Labute approximate surface area is 201 Å². The van der Waals surface area contributed by atoms with Gasteiger partial charge in [0, 0.05) is 29.6 Å². The van der Waals surface area contributed by atoms with E-state index in [-0.39, 0.29) is 22.9 Å². The van der Waals surface area contributed by atoms with Crippen LogP contribution in [0.25, 0.3) is 22.2 Å². The van der Waals surface area contributed by atoms with E-state index in [0.29, 0.717) is 33.8 Å². The van der Waals surface area contributed by atoms with E-state index < -0.39 is 5.82 Å². The molecule has 7 nitrogen and oxygen atoms in total. The van der Waals surface area contributed by atoms with Crippen molar-refractivity contribution in [2.75, 3.05) is 10.6 Å². The van der Waals surface area contributed by atoms with Gasteiger partial charge in [-0.05, 0) is 61.7 Å². The molecule has 8 heteroatoms. The van der Waals surface area contributed by atoms with Gasteiger partial charge in [-0.1, -0.05) is 25.3 Å². The van der Waals surface area contributed by atoms with Crippen LogP contribution in [0, 0.1) is 18.7 Å². The largest absolute Gasteiger partial charge is 0.339 e. The van der Waals surface area contributed by atoms with Gasteiger partial charge < -0.3 is 15.6 Å². The lowest BCUT2D eigenvalue weighted by Gasteiger charge is -2.20. The van der Waals surface area contributed by atoms with E-state index >= 15 is 4.39 Å². The fourth-order valence-electron chi connectivity index (χ4n) is 4.52. The standard InChI is InChI=1S/C27H26FN5O2/c1-16-7-10-24(30-15-16)33-23-14-22(32-21-11-12-29-27(35)25(21)23)19-9-8-18(13-20(19)28)31-26(34)17-5-3-2-4-6-17/h7-15,17H,2-6H2,1H3,(H,29,35)(H,31,34)(H,30,32,33). The molecule has 4 aromatic rings. The molecule has 178 valence electrons. The number of hydrogen-bond acceptors (Lipinski definition) is 5. The highest BCUT2D eigenvalue weighted by atomic mass is 19.1. The lowest BCUT2D eigenvalue weighted by molar-refractivity contribution is -0.120. The van der Waals surface area contributed by atoms with Crippen LogP contribution in [0.5, 0.6) is 0 Å². The third kappa shape index (κ3) is 4.91. The molecule has 0 bridgehead atoms. The SMILES string of the molecule is Cc1ccc(Nc2cc(-c3ccc(NC(=O)C4CCCCC4)cc3F)nc3cc[nH]c(=O)c23)nc1. The minimum Gasteiger partial charge on any atom is -0.339 e. The molecule has 35 heavy (non-hydrogen) atoms. The molecule has 0 radical (unpaired) electrons. The molecule has 5 rings (SSSR count). The summed E-state index contributed by atoms with van der Waals surface area (Å²) in [6, 6.07) is 11.6. The first-order valence-corrected chi connectivity index (χ1v) is 11.8. The normalized spacial score (nSPS) is 14.1. The summed E-state index contributed by atoms with van der Waals surface area (Å²) in [7, 11) is 0. The average Bonchev–Trinajstić information content (AvgIpc) is 2.86. The Kier molecular flexibility index (Phi) is 6.27. The van der Waals surface area contributed by atoms with E-state index in [4.69, 9.17) is 0 Å². The molecule has 0 saturated heterocycles. The topological polar surface area (TPSA) is 99.8 Å². The highest BCUT2D eigenvalue weighted by Crippen LogP contribution is 2.31. The Morgan fingerprint density at radius 1 is 1.09 bits per heavy atom. The number of aromatic nitrogens is 3. The number of halogens is 1. The molecule has 0 spiro atoms. The number of H-pyrrole nitrogens is 1. The van der Waals surface area contributed by atoms with Gasteiger partial charge in [-0.15, -0.1) is 0 Å². The van der Waals surface area contributed by atoms with Crippen molar-refractivity contribution in [2.45, 2.75) is 39.0 Å². The zero-order valence-corrected chi connectivity index (χ0v) is 19.4. The van der Waals surface area contributed by atoms with Crippen LogP contribution < -0.4 is 16.2 Å². The van der Waals surface area contributed by atoms with Crippen LogP contribution in [0.4, 0.5) is 21.6 Å². The first kappa shape index (κ1) is 22.7. The van der Waals surface area contributed by atoms with Crippen molar-refractivity contribution in [3.05, 3.63) is 76.6 Å². The number of carbonyl (C=O) groups excluding carboxylic acids is 1. The molecule has 3 heterocycles. The lowest BCUT2D eigenvalue weighted by atomic mass is 9.88. The van der Waals surface area contributed by atoms with Crippen LogP contribution in [-0.4, -0.2) is 20.9 Å². The van der Waals surface area contributed by atoms with Crippen molar-refractivity contribution >= 4 is 34.0 Å². The van der Waals surface area contributed by atoms with E-state index in [2.05, 4.69) is 25.6 Å². The second kappa shape index (κ2) is 9.66. The first-order chi connectivity index (χ1) is 17.0. The molecule has 1 aromatic carbocycles. The van der Waals surface area contributed by atoms with Crippen molar-refractivity contribution in [3.63, 3.8) is 0 Å². The fourth-order valence-corrected chi connectivity index (χ4v) is 4.52. The van der Waals surface area contributed by atoms with Crippen molar-refractivity contribution < 1.29 is 9.18 Å². The molecular formula is C27H26FN5O2. The number of carbonyl (C=O) groups is 1. The van der Waals surface area contributed by atoms with Crippen molar-refractivity contribution in [3.8, 4) is 11.3 Å². The molecule has 1 fully saturated rings. The molecule has 0 unspecified atom stereocenters. The molecule has 1 aliphatic rings. The Bertz CT molecular complexity index is 1440. The quantitative estimate of drug-likeness (QED) is 0.347. The summed E-state index contributed by atoms with van der Waals surface area (Å²) >= 11 is 0. The number of anilines is 3. The Hall–Kier alpha value is -4.07. The van der Waals surface area contributed by atoms with Crippen molar-refractivity contribution in [1.82, 2.24) is 15.0 Å². The number of amides is 1. The second-order valence-electron chi connectivity index (χ2n) is 8.99. The number of fused-ring (bicyclic) bond motifs is 1. The van der Waals surface area contributed by atoms with Gasteiger partial charge in [-0.2, -0.15) is 0 Å². The van der Waals surface area contributed by atoms with Crippen molar-refractivity contribution in [1.29, 1.82) is 0 Å². The van der Waals surface area contributed by atoms with E-state index in [1.165, 1.54) is 12.3 Å². The lowest BCUT2D eigenvalue weighted by Crippen LogP contribution is -2.24. The summed E-state index contributed by atoms with van der Waals surface area (Å²) in [4.78, 5) is 36.7. The summed E-state index contributed by atoms with van der Waals surface area (Å²) in [6.07, 6.45) is 8.24. The molecule has 3 aromatic heterocycles. The summed E-state index contributed by atoms with van der Waals surface area (Å²) in [5.41, 5.74) is 2.64. The first-order valence-electron chi connectivity index (χ1n) is 11.8. The van der Waals surface area contributed by atoms with E-state index in [1.54, 1.807) is 30.5 Å². The number of hydrogen-bond donors (Lipinski definition) is 3. The number of aryl methyl sites for hydroxylation is 1. The molecule has 3 N–H and O–H groups in total. The van der Waals surface area contributed by atoms with Gasteiger partial charge >= 0.3 is 0 Å². The molecule has 0 atom stereocenters. The predicted molar refractivity (Wildman–Crippen MR) is 135 cm³/mol. The van der Waals surface area contributed by atoms with Crippen LogP contribution >= 0.6 is 0 Å². The van der Waals surface area contributed by atoms with Gasteiger partial charge in [0.2, 0.25) is 5.91 Å². The number of rotatable bonds is 5. The molecule has 1 saturated carbocycles. The number of nitrogens with one attached hydrogen (secondary N) is 3. The van der Waals surface area contributed by atoms with Crippen LogP contribution in [0.1, 0.15) is 37.7 Å². The van der Waals surface area contributed by atoms with E-state index in [0.717, 1.165) is 37.7 Å².